The standard InChI is InChI=1S/C36H41N3O6/c40-32-31(23-35(44)17-5-2-6-18-35)37-34(43)36(39(32)25-26-7-3-1-4-8-26)19-21-38(22-20-36)24-27-9-13-29(14-10-27)45-30-15-11-28(12-16-30)33(41)42/h1,3-4,7-16,31,44H,2,5-6,17-25H2,(H,37,43)(H,41,42)/t31-/m1/s1. The van der Waals surface area contributed by atoms with Gasteiger partial charge in [-0.05, 0) is 73.2 Å². The maximum Gasteiger partial charge on any atom is 0.335 e. The number of carbonyl (C=O) groups excluding carboxylic acids is 2. The number of piperidine rings is 1. The van der Waals surface area contributed by atoms with Gasteiger partial charge in [0.05, 0.1) is 11.2 Å². The van der Waals surface area contributed by atoms with E-state index in [4.69, 9.17) is 9.84 Å². The van der Waals surface area contributed by atoms with Crippen LogP contribution in [-0.4, -0.2) is 68.1 Å². The number of rotatable bonds is 9. The molecule has 9 heteroatoms. The van der Waals surface area contributed by atoms with Gasteiger partial charge in [-0.3, -0.25) is 14.5 Å². The van der Waals surface area contributed by atoms with E-state index < -0.39 is 23.2 Å². The molecule has 3 aromatic carbocycles. The van der Waals surface area contributed by atoms with Gasteiger partial charge in [-0.25, -0.2) is 4.79 Å². The number of hydrogen-bond donors (Lipinski definition) is 3. The van der Waals surface area contributed by atoms with Gasteiger partial charge < -0.3 is 25.2 Å². The number of piperazine rings is 1. The molecule has 6 rings (SSSR count). The first kappa shape index (κ1) is 30.8. The minimum atomic E-state index is -0.979. The molecule has 0 bridgehead atoms. The van der Waals surface area contributed by atoms with Crippen molar-refractivity contribution < 1.29 is 29.3 Å². The second-order valence-electron chi connectivity index (χ2n) is 12.8. The van der Waals surface area contributed by atoms with Crippen LogP contribution < -0.4 is 10.1 Å². The predicted molar refractivity (Wildman–Crippen MR) is 169 cm³/mol. The summed E-state index contributed by atoms with van der Waals surface area (Å²) in [5, 5.41) is 23.4. The highest BCUT2D eigenvalue weighted by Gasteiger charge is 2.54. The van der Waals surface area contributed by atoms with Crippen LogP contribution in [-0.2, 0) is 22.7 Å². The van der Waals surface area contributed by atoms with Crippen LogP contribution in [0, 0.1) is 0 Å². The lowest BCUT2D eigenvalue weighted by Crippen LogP contribution is -2.73. The Bertz CT molecular complexity index is 1490. The first-order valence-corrected chi connectivity index (χ1v) is 15.9. The Morgan fingerprint density at radius 3 is 2.02 bits per heavy atom. The Hall–Kier alpha value is -4.21. The van der Waals surface area contributed by atoms with Crippen LogP contribution in [0.15, 0.2) is 78.9 Å². The van der Waals surface area contributed by atoms with Crippen molar-refractivity contribution in [3.63, 3.8) is 0 Å². The molecule has 2 saturated heterocycles. The number of nitrogens with zero attached hydrogens (tertiary/aromatic N) is 2. The highest BCUT2D eigenvalue weighted by molar-refractivity contribution is 6.00. The number of benzene rings is 3. The van der Waals surface area contributed by atoms with E-state index in [-0.39, 0.29) is 23.8 Å². The van der Waals surface area contributed by atoms with Crippen LogP contribution in [0.5, 0.6) is 11.5 Å². The van der Waals surface area contributed by atoms with Gasteiger partial charge in [-0.15, -0.1) is 0 Å². The van der Waals surface area contributed by atoms with E-state index in [0.717, 1.165) is 30.4 Å². The summed E-state index contributed by atoms with van der Waals surface area (Å²) in [6.07, 6.45) is 5.63. The minimum absolute atomic E-state index is 0.0981. The van der Waals surface area contributed by atoms with Gasteiger partial charge in [-0.1, -0.05) is 61.7 Å². The van der Waals surface area contributed by atoms with Crippen molar-refractivity contribution in [3.05, 3.63) is 95.6 Å². The number of amides is 2. The normalized spacial score (nSPS) is 21.4. The number of likely N-dealkylation sites (tertiary alicyclic amines) is 1. The number of nitrogens with one attached hydrogen (secondary N) is 1. The molecule has 3 aliphatic rings. The van der Waals surface area contributed by atoms with Gasteiger partial charge in [0.2, 0.25) is 11.8 Å². The summed E-state index contributed by atoms with van der Waals surface area (Å²) in [6.45, 7) is 2.39. The zero-order chi connectivity index (χ0) is 31.4. The number of carbonyl (C=O) groups is 3. The Kier molecular flexibility index (Phi) is 8.92. The zero-order valence-corrected chi connectivity index (χ0v) is 25.5. The summed E-state index contributed by atoms with van der Waals surface area (Å²) in [5.41, 5.74) is 0.451. The molecule has 1 spiro atoms. The van der Waals surface area contributed by atoms with E-state index in [9.17, 15) is 19.5 Å². The van der Waals surface area contributed by atoms with Crippen molar-refractivity contribution in [1.29, 1.82) is 0 Å². The van der Waals surface area contributed by atoms with Crippen molar-refractivity contribution in [3.8, 4) is 11.5 Å². The average molecular weight is 612 g/mol. The lowest BCUT2D eigenvalue weighted by atomic mass is 9.77. The topological polar surface area (TPSA) is 119 Å². The van der Waals surface area contributed by atoms with Gasteiger partial charge in [0.25, 0.3) is 0 Å². The fourth-order valence-electron chi connectivity index (χ4n) is 7.10. The fourth-order valence-corrected chi connectivity index (χ4v) is 7.10. The molecule has 3 fully saturated rings. The molecular weight excluding hydrogens is 570 g/mol. The number of carboxylic acid groups (broad SMARTS) is 1. The number of hydrogen-bond acceptors (Lipinski definition) is 6. The smallest absolute Gasteiger partial charge is 0.335 e. The molecule has 3 aromatic rings. The number of aromatic carboxylic acids is 1. The largest absolute Gasteiger partial charge is 0.478 e. The predicted octanol–water partition coefficient (Wildman–Crippen LogP) is 5.12. The molecule has 0 aromatic heterocycles. The fraction of sp³-hybridized carbons (Fsp3) is 0.417. The summed E-state index contributed by atoms with van der Waals surface area (Å²) >= 11 is 0. The third kappa shape index (κ3) is 6.89. The Balaban J connectivity index is 1.11. The molecule has 236 valence electrons. The van der Waals surface area contributed by atoms with Crippen LogP contribution in [0.2, 0.25) is 0 Å². The van der Waals surface area contributed by atoms with E-state index in [2.05, 4.69) is 10.2 Å². The monoisotopic (exact) mass is 611 g/mol. The van der Waals surface area contributed by atoms with Crippen molar-refractivity contribution in [2.45, 2.75) is 81.6 Å². The second-order valence-corrected chi connectivity index (χ2v) is 12.8. The van der Waals surface area contributed by atoms with Crippen LogP contribution in [0.25, 0.3) is 0 Å². The summed E-state index contributed by atoms with van der Waals surface area (Å²) in [7, 11) is 0. The van der Waals surface area contributed by atoms with Crippen LogP contribution in [0.3, 0.4) is 0 Å². The molecule has 2 heterocycles. The number of carboxylic acids is 1. The summed E-state index contributed by atoms with van der Waals surface area (Å²) in [6, 6.07) is 23.2. The Morgan fingerprint density at radius 1 is 0.800 bits per heavy atom. The summed E-state index contributed by atoms with van der Waals surface area (Å²) in [4.78, 5) is 43.2. The average Bonchev–Trinajstić information content (AvgIpc) is 3.05. The third-order valence-electron chi connectivity index (χ3n) is 9.71. The molecule has 2 amide bonds. The summed E-state index contributed by atoms with van der Waals surface area (Å²) in [5.74, 6) is 0.0251. The van der Waals surface area contributed by atoms with Gasteiger partial charge in [0, 0.05) is 32.6 Å². The first-order chi connectivity index (χ1) is 21.7. The molecule has 1 aliphatic carbocycles. The lowest BCUT2D eigenvalue weighted by Gasteiger charge is -2.52. The lowest BCUT2D eigenvalue weighted by molar-refractivity contribution is -0.164. The van der Waals surface area contributed by atoms with E-state index in [0.29, 0.717) is 63.4 Å². The molecule has 3 N–H and O–H groups in total. The van der Waals surface area contributed by atoms with Crippen molar-refractivity contribution in [2.24, 2.45) is 0 Å². The molecular formula is C36H41N3O6. The second kappa shape index (κ2) is 13.0. The van der Waals surface area contributed by atoms with Crippen LogP contribution in [0.4, 0.5) is 0 Å². The molecule has 0 unspecified atom stereocenters. The number of aliphatic hydroxyl groups is 1. The van der Waals surface area contributed by atoms with Crippen LogP contribution >= 0.6 is 0 Å². The van der Waals surface area contributed by atoms with Gasteiger partial charge in [0.1, 0.15) is 23.1 Å². The van der Waals surface area contributed by atoms with Gasteiger partial charge >= 0.3 is 5.97 Å². The minimum Gasteiger partial charge on any atom is -0.478 e. The highest BCUT2D eigenvalue weighted by Crippen LogP contribution is 2.38. The van der Waals surface area contributed by atoms with Crippen LogP contribution in [0.1, 0.15) is 72.9 Å². The molecule has 1 saturated carbocycles. The van der Waals surface area contributed by atoms with Crippen molar-refractivity contribution in [1.82, 2.24) is 15.1 Å². The maximum atomic E-state index is 14.1. The van der Waals surface area contributed by atoms with Crippen molar-refractivity contribution in [2.75, 3.05) is 13.1 Å². The molecule has 2 aliphatic heterocycles. The van der Waals surface area contributed by atoms with Gasteiger partial charge in [-0.2, -0.15) is 0 Å². The highest BCUT2D eigenvalue weighted by atomic mass is 16.5. The van der Waals surface area contributed by atoms with E-state index in [1.807, 2.05) is 59.5 Å². The van der Waals surface area contributed by atoms with E-state index >= 15 is 0 Å². The molecule has 45 heavy (non-hydrogen) atoms. The molecule has 1 atom stereocenters. The summed E-state index contributed by atoms with van der Waals surface area (Å²) < 4.78 is 5.87. The van der Waals surface area contributed by atoms with E-state index in [1.54, 1.807) is 12.1 Å². The first-order valence-electron chi connectivity index (χ1n) is 15.9. The number of ether oxygens (including phenoxy) is 1. The molecule has 0 radical (unpaired) electrons. The SMILES string of the molecule is O=C(O)c1ccc(Oc2ccc(CN3CCC4(CC3)C(=O)N[C@H](CC3(O)CCCCC3)C(=O)N4Cc3ccccc3)cc2)cc1. The third-order valence-corrected chi connectivity index (χ3v) is 9.71. The Labute approximate surface area is 263 Å². The maximum absolute atomic E-state index is 14.1. The zero-order valence-electron chi connectivity index (χ0n) is 25.5. The van der Waals surface area contributed by atoms with Gasteiger partial charge in [0.15, 0.2) is 0 Å². The quantitative estimate of drug-likeness (QED) is 0.307. The Morgan fingerprint density at radius 2 is 1.40 bits per heavy atom. The van der Waals surface area contributed by atoms with E-state index in [1.165, 1.54) is 12.1 Å². The molecule has 9 nitrogen and oxygen atoms in total. The van der Waals surface area contributed by atoms with Crippen molar-refractivity contribution >= 4 is 17.8 Å².